The van der Waals surface area contributed by atoms with Crippen LogP contribution >= 0.6 is 0 Å². The number of hydrogen-bond donors (Lipinski definition) is 2. The Labute approximate surface area is 102 Å². The van der Waals surface area contributed by atoms with Gasteiger partial charge in [-0.15, -0.1) is 0 Å². The van der Waals surface area contributed by atoms with Gasteiger partial charge in [-0.1, -0.05) is 6.92 Å². The average Bonchev–Trinajstić information content (AvgIpc) is 2.80. The van der Waals surface area contributed by atoms with Gasteiger partial charge in [0.05, 0.1) is 6.33 Å². The van der Waals surface area contributed by atoms with Crippen molar-refractivity contribution in [2.24, 2.45) is 0 Å². The van der Waals surface area contributed by atoms with Crippen molar-refractivity contribution in [3.8, 4) is 0 Å². The van der Waals surface area contributed by atoms with Gasteiger partial charge in [0, 0.05) is 18.9 Å². The molecule has 0 spiro atoms. The van der Waals surface area contributed by atoms with Crippen molar-refractivity contribution in [1.82, 2.24) is 14.9 Å². The van der Waals surface area contributed by atoms with Crippen molar-refractivity contribution < 1.29 is 9.90 Å². The van der Waals surface area contributed by atoms with Crippen LogP contribution in [-0.4, -0.2) is 33.2 Å². The number of aliphatic carboxylic acids is 1. The van der Waals surface area contributed by atoms with Crippen LogP contribution in [-0.2, 0) is 11.3 Å². The van der Waals surface area contributed by atoms with E-state index in [2.05, 4.69) is 10.3 Å². The third kappa shape index (κ3) is 5.49. The van der Waals surface area contributed by atoms with E-state index in [1.54, 1.807) is 12.5 Å². The number of unbranched alkanes of at least 4 members (excludes halogenated alkanes) is 1. The molecule has 1 atom stereocenters. The smallest absolute Gasteiger partial charge is 0.320 e. The first kappa shape index (κ1) is 13.7. The van der Waals surface area contributed by atoms with Crippen molar-refractivity contribution in [1.29, 1.82) is 0 Å². The molecule has 5 nitrogen and oxygen atoms in total. The molecule has 2 N–H and O–H groups in total. The minimum absolute atomic E-state index is 0.405. The lowest BCUT2D eigenvalue weighted by Gasteiger charge is -2.13. The summed E-state index contributed by atoms with van der Waals surface area (Å²) in [7, 11) is 0. The molecule has 0 aromatic carbocycles. The Kier molecular flexibility index (Phi) is 6.32. The third-order valence-electron chi connectivity index (χ3n) is 2.66. The minimum Gasteiger partial charge on any atom is -0.480 e. The fourth-order valence-corrected chi connectivity index (χ4v) is 1.69. The molecular weight excluding hydrogens is 218 g/mol. The van der Waals surface area contributed by atoms with E-state index in [-0.39, 0.29) is 0 Å². The molecule has 0 aliphatic carbocycles. The number of nitrogens with zero attached hydrogens (tertiary/aromatic N) is 2. The molecule has 96 valence electrons. The zero-order valence-corrected chi connectivity index (χ0v) is 10.3. The number of imidazole rings is 1. The van der Waals surface area contributed by atoms with Gasteiger partial charge in [-0.3, -0.25) is 4.79 Å². The van der Waals surface area contributed by atoms with Crippen molar-refractivity contribution in [2.75, 3.05) is 6.54 Å². The van der Waals surface area contributed by atoms with Crippen LogP contribution in [0, 0.1) is 0 Å². The predicted octanol–water partition coefficient (Wildman–Crippen LogP) is 1.51. The minimum atomic E-state index is -0.749. The van der Waals surface area contributed by atoms with Crippen LogP contribution in [0.4, 0.5) is 0 Å². The Morgan fingerprint density at radius 3 is 2.94 bits per heavy atom. The number of nitrogens with one attached hydrogen (secondary N) is 1. The zero-order valence-electron chi connectivity index (χ0n) is 10.3. The molecule has 0 aliphatic rings. The number of carboxylic acid groups (broad SMARTS) is 1. The SMILES string of the molecule is CCCNC(CCCCn1ccnc1)C(=O)O. The van der Waals surface area contributed by atoms with E-state index in [9.17, 15) is 4.79 Å². The first-order valence-electron chi connectivity index (χ1n) is 6.16. The van der Waals surface area contributed by atoms with Gasteiger partial charge in [0.1, 0.15) is 6.04 Å². The highest BCUT2D eigenvalue weighted by Gasteiger charge is 2.14. The number of carbonyl (C=O) groups is 1. The van der Waals surface area contributed by atoms with Crippen LogP contribution in [0.15, 0.2) is 18.7 Å². The van der Waals surface area contributed by atoms with Crippen LogP contribution in [0.5, 0.6) is 0 Å². The van der Waals surface area contributed by atoms with Crippen LogP contribution in [0.2, 0.25) is 0 Å². The van der Waals surface area contributed by atoms with Crippen LogP contribution < -0.4 is 5.32 Å². The molecule has 0 saturated carbocycles. The monoisotopic (exact) mass is 239 g/mol. The molecule has 0 aliphatic heterocycles. The first-order chi connectivity index (χ1) is 8.24. The van der Waals surface area contributed by atoms with Gasteiger partial charge in [0.15, 0.2) is 0 Å². The Morgan fingerprint density at radius 1 is 1.53 bits per heavy atom. The number of aromatic nitrogens is 2. The lowest BCUT2D eigenvalue weighted by Crippen LogP contribution is -2.37. The summed E-state index contributed by atoms with van der Waals surface area (Å²) < 4.78 is 2.01. The third-order valence-corrected chi connectivity index (χ3v) is 2.66. The van der Waals surface area contributed by atoms with Crippen molar-refractivity contribution >= 4 is 5.97 Å². The van der Waals surface area contributed by atoms with Gasteiger partial charge < -0.3 is 15.0 Å². The highest BCUT2D eigenvalue weighted by Crippen LogP contribution is 2.03. The predicted molar refractivity (Wildman–Crippen MR) is 65.8 cm³/mol. The van der Waals surface area contributed by atoms with Gasteiger partial charge >= 0.3 is 5.97 Å². The Bertz CT molecular complexity index is 312. The quantitative estimate of drug-likeness (QED) is 0.641. The van der Waals surface area contributed by atoms with E-state index < -0.39 is 12.0 Å². The van der Waals surface area contributed by atoms with Gasteiger partial charge in [0.25, 0.3) is 0 Å². The standard InChI is InChI=1S/C12H21N3O2/c1-2-6-14-11(12(16)17)5-3-4-8-15-9-7-13-10-15/h7,9-11,14H,2-6,8H2,1H3,(H,16,17). The Balaban J connectivity index is 2.16. The van der Waals surface area contributed by atoms with Gasteiger partial charge in [0.2, 0.25) is 0 Å². The fourth-order valence-electron chi connectivity index (χ4n) is 1.69. The summed E-state index contributed by atoms with van der Waals surface area (Å²) in [6, 6.07) is -0.405. The van der Waals surface area contributed by atoms with Crippen molar-refractivity contribution in [3.63, 3.8) is 0 Å². The summed E-state index contributed by atoms with van der Waals surface area (Å²) in [5, 5.41) is 12.0. The molecule has 17 heavy (non-hydrogen) atoms. The second kappa shape index (κ2) is 7.84. The van der Waals surface area contributed by atoms with Crippen molar-refractivity contribution in [2.45, 2.75) is 45.2 Å². The highest BCUT2D eigenvalue weighted by atomic mass is 16.4. The molecule has 1 rings (SSSR count). The van der Waals surface area contributed by atoms with Crippen LogP contribution in [0.3, 0.4) is 0 Å². The second-order valence-corrected chi connectivity index (χ2v) is 4.14. The summed E-state index contributed by atoms with van der Waals surface area (Å²) in [5.41, 5.74) is 0. The summed E-state index contributed by atoms with van der Waals surface area (Å²) in [6.07, 6.45) is 8.99. The summed E-state index contributed by atoms with van der Waals surface area (Å²) >= 11 is 0. The molecule has 1 aromatic heterocycles. The summed E-state index contributed by atoms with van der Waals surface area (Å²) in [4.78, 5) is 14.9. The van der Waals surface area contributed by atoms with Gasteiger partial charge in [-0.25, -0.2) is 4.98 Å². The molecule has 5 heteroatoms. The number of rotatable bonds is 9. The maximum Gasteiger partial charge on any atom is 0.320 e. The molecular formula is C12H21N3O2. The second-order valence-electron chi connectivity index (χ2n) is 4.14. The molecule has 0 bridgehead atoms. The zero-order chi connectivity index (χ0) is 12.5. The topological polar surface area (TPSA) is 67.2 Å². The first-order valence-corrected chi connectivity index (χ1v) is 6.16. The molecule has 0 radical (unpaired) electrons. The number of carboxylic acids is 1. The summed E-state index contributed by atoms with van der Waals surface area (Å²) in [5.74, 6) is -0.749. The highest BCUT2D eigenvalue weighted by molar-refractivity contribution is 5.73. The van der Waals surface area contributed by atoms with E-state index in [0.717, 1.165) is 32.4 Å². The van der Waals surface area contributed by atoms with Gasteiger partial charge in [-0.05, 0) is 32.2 Å². The normalized spacial score (nSPS) is 12.5. The Hall–Kier alpha value is -1.36. The molecule has 0 fully saturated rings. The van der Waals surface area contributed by atoms with E-state index in [1.807, 2.05) is 17.7 Å². The molecule has 0 amide bonds. The maximum absolute atomic E-state index is 11.0. The number of hydrogen-bond acceptors (Lipinski definition) is 3. The van der Waals surface area contributed by atoms with E-state index in [1.165, 1.54) is 0 Å². The van der Waals surface area contributed by atoms with E-state index in [4.69, 9.17) is 5.11 Å². The Morgan fingerprint density at radius 2 is 2.35 bits per heavy atom. The van der Waals surface area contributed by atoms with Crippen LogP contribution in [0.1, 0.15) is 32.6 Å². The van der Waals surface area contributed by atoms with E-state index in [0.29, 0.717) is 6.42 Å². The van der Waals surface area contributed by atoms with E-state index >= 15 is 0 Å². The fraction of sp³-hybridized carbons (Fsp3) is 0.667. The number of aryl methyl sites for hydroxylation is 1. The molecule has 1 heterocycles. The largest absolute Gasteiger partial charge is 0.480 e. The van der Waals surface area contributed by atoms with Crippen LogP contribution in [0.25, 0.3) is 0 Å². The average molecular weight is 239 g/mol. The lowest BCUT2D eigenvalue weighted by atomic mass is 10.1. The molecule has 1 unspecified atom stereocenters. The molecule has 1 aromatic rings. The van der Waals surface area contributed by atoms with Crippen molar-refractivity contribution in [3.05, 3.63) is 18.7 Å². The summed E-state index contributed by atoms with van der Waals surface area (Å²) in [6.45, 7) is 3.70. The van der Waals surface area contributed by atoms with Gasteiger partial charge in [-0.2, -0.15) is 0 Å². The molecule has 0 saturated heterocycles. The maximum atomic E-state index is 11.0. The lowest BCUT2D eigenvalue weighted by molar-refractivity contribution is -0.139.